The second-order valence-electron chi connectivity index (χ2n) is 2.61. The third kappa shape index (κ3) is 3.09. The van der Waals surface area contributed by atoms with E-state index in [1.54, 1.807) is 0 Å². The predicted molar refractivity (Wildman–Crippen MR) is 48.5 cm³/mol. The van der Waals surface area contributed by atoms with Crippen LogP contribution in [-0.4, -0.2) is 36.0 Å². The highest BCUT2D eigenvalue weighted by Gasteiger charge is 2.11. The zero-order chi connectivity index (χ0) is 10.6. The van der Waals surface area contributed by atoms with Crippen LogP contribution >= 0.6 is 0 Å². The third-order valence-corrected chi connectivity index (χ3v) is 2.38. The first-order valence-electron chi connectivity index (χ1n) is 4.11. The lowest BCUT2D eigenvalue weighted by molar-refractivity contribution is 0.136. The number of rotatable bonds is 5. The minimum absolute atomic E-state index is 0.200. The van der Waals surface area contributed by atoms with Crippen molar-refractivity contribution in [3.8, 4) is 0 Å². The molecule has 80 valence electrons. The fraction of sp³-hybridized carbons (Fsp3) is 0.571. The smallest absolute Gasteiger partial charge is 0.297 e. The summed E-state index contributed by atoms with van der Waals surface area (Å²) in [6.07, 6.45) is 2.36. The minimum Gasteiger partial charge on any atom is -0.380 e. The van der Waals surface area contributed by atoms with E-state index in [1.165, 1.54) is 10.9 Å². The summed E-state index contributed by atoms with van der Waals surface area (Å²) in [5.41, 5.74) is 0. The van der Waals surface area contributed by atoms with Gasteiger partial charge < -0.3 is 4.74 Å². The van der Waals surface area contributed by atoms with E-state index in [1.807, 2.05) is 6.92 Å². The van der Waals surface area contributed by atoms with Crippen LogP contribution in [0.4, 0.5) is 0 Å². The van der Waals surface area contributed by atoms with Gasteiger partial charge in [-0.3, -0.25) is 9.23 Å². The Morgan fingerprint density at radius 2 is 2.36 bits per heavy atom. The van der Waals surface area contributed by atoms with Crippen molar-refractivity contribution in [2.45, 2.75) is 18.4 Å². The summed E-state index contributed by atoms with van der Waals surface area (Å²) in [5.74, 6) is 0. The van der Waals surface area contributed by atoms with Gasteiger partial charge in [0, 0.05) is 12.8 Å². The molecule has 0 atom stereocenters. The van der Waals surface area contributed by atoms with Gasteiger partial charge in [-0.2, -0.15) is 13.5 Å². The molecule has 1 N–H and O–H groups in total. The van der Waals surface area contributed by atoms with Crippen LogP contribution in [0, 0.1) is 0 Å². The Balaban J connectivity index is 2.60. The summed E-state index contributed by atoms with van der Waals surface area (Å²) in [6, 6.07) is 0. The van der Waals surface area contributed by atoms with Gasteiger partial charge in [-0.25, -0.2) is 0 Å². The monoisotopic (exact) mass is 220 g/mol. The number of hydrogen-bond donors (Lipinski definition) is 1. The van der Waals surface area contributed by atoms with E-state index in [-0.39, 0.29) is 4.90 Å². The summed E-state index contributed by atoms with van der Waals surface area (Å²) in [5, 5.41) is 3.75. The zero-order valence-corrected chi connectivity index (χ0v) is 8.57. The van der Waals surface area contributed by atoms with Gasteiger partial charge in [0.15, 0.2) is 0 Å². The average Bonchev–Trinajstić information content (AvgIpc) is 2.52. The van der Waals surface area contributed by atoms with E-state index in [0.29, 0.717) is 19.8 Å². The molecule has 0 bridgehead atoms. The molecule has 1 rings (SSSR count). The van der Waals surface area contributed by atoms with Crippen molar-refractivity contribution in [2.75, 3.05) is 13.2 Å². The van der Waals surface area contributed by atoms with Crippen LogP contribution in [0.3, 0.4) is 0 Å². The summed E-state index contributed by atoms with van der Waals surface area (Å²) in [4.78, 5) is -0.200. The highest BCUT2D eigenvalue weighted by atomic mass is 32.2. The van der Waals surface area contributed by atoms with E-state index in [0.717, 1.165) is 6.20 Å². The lowest BCUT2D eigenvalue weighted by Crippen LogP contribution is -2.06. The summed E-state index contributed by atoms with van der Waals surface area (Å²) >= 11 is 0. The molecule has 0 aliphatic rings. The Bertz CT molecular complexity index is 384. The molecule has 6 nitrogen and oxygen atoms in total. The van der Waals surface area contributed by atoms with Crippen LogP contribution < -0.4 is 0 Å². The normalized spacial score (nSPS) is 11.9. The van der Waals surface area contributed by atoms with E-state index in [2.05, 4.69) is 5.10 Å². The van der Waals surface area contributed by atoms with Crippen molar-refractivity contribution >= 4 is 10.1 Å². The van der Waals surface area contributed by atoms with Crippen molar-refractivity contribution in [3.05, 3.63) is 12.4 Å². The molecule has 0 unspecified atom stereocenters. The molecule has 7 heteroatoms. The molecule has 0 spiro atoms. The molecule has 1 aromatic rings. The van der Waals surface area contributed by atoms with Crippen LogP contribution in [0.15, 0.2) is 17.3 Å². The highest BCUT2D eigenvalue weighted by molar-refractivity contribution is 7.85. The molecule has 0 saturated heterocycles. The quantitative estimate of drug-likeness (QED) is 0.565. The fourth-order valence-corrected chi connectivity index (χ4v) is 1.34. The standard InChI is InChI=1S/C7H12N2O4S/c1-2-13-4-3-9-6-7(5-8-9)14(10,11)12/h5-6H,2-4H2,1H3,(H,10,11,12). The van der Waals surface area contributed by atoms with Crippen molar-refractivity contribution in [1.29, 1.82) is 0 Å². The fourth-order valence-electron chi connectivity index (χ4n) is 0.903. The van der Waals surface area contributed by atoms with Gasteiger partial charge in [-0.15, -0.1) is 0 Å². The molecule has 0 radical (unpaired) electrons. The maximum Gasteiger partial charge on any atom is 0.297 e. The summed E-state index contributed by atoms with van der Waals surface area (Å²) in [6.45, 7) is 3.39. The van der Waals surface area contributed by atoms with Crippen molar-refractivity contribution < 1.29 is 17.7 Å². The first-order chi connectivity index (χ1) is 6.54. The molecule has 0 amide bonds. The lowest BCUT2D eigenvalue weighted by atomic mass is 10.6. The molecule has 0 aliphatic heterocycles. The number of aromatic nitrogens is 2. The Labute approximate surface area is 82.2 Å². The van der Waals surface area contributed by atoms with Crippen LogP contribution in [0.5, 0.6) is 0 Å². The Morgan fingerprint density at radius 1 is 1.64 bits per heavy atom. The SMILES string of the molecule is CCOCCn1cc(S(=O)(=O)O)cn1. The first-order valence-corrected chi connectivity index (χ1v) is 5.55. The topological polar surface area (TPSA) is 81.4 Å². The van der Waals surface area contributed by atoms with Crippen molar-refractivity contribution in [2.24, 2.45) is 0 Å². The predicted octanol–water partition coefficient (Wildman–Crippen LogP) is 0.166. The molecule has 0 aliphatic carbocycles. The maximum absolute atomic E-state index is 10.6. The first kappa shape index (κ1) is 11.2. The van der Waals surface area contributed by atoms with Crippen LogP contribution in [0.25, 0.3) is 0 Å². The maximum atomic E-state index is 10.6. The molecule has 0 aromatic carbocycles. The van der Waals surface area contributed by atoms with Crippen molar-refractivity contribution in [3.63, 3.8) is 0 Å². The largest absolute Gasteiger partial charge is 0.380 e. The molecule has 1 aromatic heterocycles. The van der Waals surface area contributed by atoms with Gasteiger partial charge in [0.2, 0.25) is 0 Å². The number of nitrogens with zero attached hydrogens (tertiary/aromatic N) is 2. The Morgan fingerprint density at radius 3 is 2.86 bits per heavy atom. The molecular weight excluding hydrogens is 208 g/mol. The third-order valence-electron chi connectivity index (χ3n) is 1.58. The molecule has 1 heterocycles. The van der Waals surface area contributed by atoms with Crippen LogP contribution in [0.1, 0.15) is 6.92 Å². The van der Waals surface area contributed by atoms with E-state index in [9.17, 15) is 8.42 Å². The minimum atomic E-state index is -4.14. The van der Waals surface area contributed by atoms with E-state index in [4.69, 9.17) is 9.29 Å². The second kappa shape index (κ2) is 4.54. The van der Waals surface area contributed by atoms with Crippen LogP contribution in [-0.2, 0) is 21.4 Å². The van der Waals surface area contributed by atoms with Gasteiger partial charge in [-0.05, 0) is 6.92 Å². The van der Waals surface area contributed by atoms with E-state index < -0.39 is 10.1 Å². The van der Waals surface area contributed by atoms with E-state index >= 15 is 0 Å². The molecular formula is C7H12N2O4S. The second-order valence-corrected chi connectivity index (χ2v) is 4.03. The number of ether oxygens (including phenoxy) is 1. The van der Waals surface area contributed by atoms with Crippen LogP contribution in [0.2, 0.25) is 0 Å². The van der Waals surface area contributed by atoms with Gasteiger partial charge in [0.1, 0.15) is 4.90 Å². The Hall–Kier alpha value is -0.920. The van der Waals surface area contributed by atoms with Gasteiger partial charge in [0.05, 0.1) is 19.3 Å². The lowest BCUT2D eigenvalue weighted by Gasteiger charge is -2.00. The van der Waals surface area contributed by atoms with Gasteiger partial charge in [-0.1, -0.05) is 0 Å². The molecule has 0 fully saturated rings. The molecule has 0 saturated carbocycles. The number of hydrogen-bond acceptors (Lipinski definition) is 4. The summed E-state index contributed by atoms with van der Waals surface area (Å²) in [7, 11) is -4.14. The highest BCUT2D eigenvalue weighted by Crippen LogP contribution is 2.05. The van der Waals surface area contributed by atoms with Gasteiger partial charge in [0.25, 0.3) is 10.1 Å². The summed E-state index contributed by atoms with van der Waals surface area (Å²) < 4.78 is 36.4. The van der Waals surface area contributed by atoms with Gasteiger partial charge >= 0.3 is 0 Å². The zero-order valence-electron chi connectivity index (χ0n) is 7.75. The molecule has 14 heavy (non-hydrogen) atoms. The Kier molecular flexibility index (Phi) is 3.62. The average molecular weight is 220 g/mol. The van der Waals surface area contributed by atoms with Crippen molar-refractivity contribution in [1.82, 2.24) is 9.78 Å².